The summed E-state index contributed by atoms with van der Waals surface area (Å²) >= 11 is 11.8. The summed E-state index contributed by atoms with van der Waals surface area (Å²) in [7, 11) is 2.94. The van der Waals surface area contributed by atoms with Gasteiger partial charge in [0.15, 0.2) is 11.5 Å². The third kappa shape index (κ3) is 3.23. The lowest BCUT2D eigenvalue weighted by atomic mass is 10.0. The van der Waals surface area contributed by atoms with Crippen molar-refractivity contribution in [3.05, 3.63) is 57.3 Å². The van der Waals surface area contributed by atoms with Gasteiger partial charge in [-0.05, 0) is 18.2 Å². The van der Waals surface area contributed by atoms with E-state index in [0.29, 0.717) is 17.1 Å². The average Bonchev–Trinajstić information content (AvgIpc) is 2.46. The Morgan fingerprint density at radius 2 is 1.62 bits per heavy atom. The quantitative estimate of drug-likeness (QED) is 0.911. The average molecular weight is 331 g/mol. The molecule has 112 valence electrons. The zero-order chi connectivity index (χ0) is 15.6. The van der Waals surface area contributed by atoms with Gasteiger partial charge in [-0.1, -0.05) is 29.3 Å². The molecule has 0 heterocycles. The van der Waals surface area contributed by atoms with Gasteiger partial charge in [-0.2, -0.15) is 0 Å². The first kappa shape index (κ1) is 15.9. The Balaban J connectivity index is 2.50. The van der Waals surface area contributed by atoms with Crippen molar-refractivity contribution in [1.29, 1.82) is 0 Å². The molecule has 1 N–H and O–H groups in total. The van der Waals surface area contributed by atoms with Gasteiger partial charge in [-0.15, -0.1) is 0 Å². The molecule has 1 atom stereocenters. The fourth-order valence-electron chi connectivity index (χ4n) is 1.97. The van der Waals surface area contributed by atoms with E-state index in [4.69, 9.17) is 32.7 Å². The minimum Gasteiger partial charge on any atom is -0.493 e. The molecule has 0 aliphatic rings. The Morgan fingerprint density at radius 3 is 2.19 bits per heavy atom. The highest BCUT2D eigenvalue weighted by Crippen LogP contribution is 2.38. The number of ether oxygens (including phenoxy) is 2. The van der Waals surface area contributed by atoms with Crippen LogP contribution in [0.2, 0.25) is 10.0 Å². The van der Waals surface area contributed by atoms with E-state index in [1.165, 1.54) is 38.5 Å². The van der Waals surface area contributed by atoms with Crippen LogP contribution in [0.1, 0.15) is 17.2 Å². The first-order chi connectivity index (χ1) is 9.97. The second-order valence-corrected chi connectivity index (χ2v) is 5.14. The largest absolute Gasteiger partial charge is 0.493 e. The highest BCUT2D eigenvalue weighted by Gasteiger charge is 2.20. The van der Waals surface area contributed by atoms with Crippen molar-refractivity contribution in [2.75, 3.05) is 14.2 Å². The van der Waals surface area contributed by atoms with Crippen molar-refractivity contribution in [3.63, 3.8) is 0 Å². The van der Waals surface area contributed by atoms with Crippen LogP contribution in [0.15, 0.2) is 30.3 Å². The number of methoxy groups -OCH3 is 2. The fourth-order valence-corrected chi connectivity index (χ4v) is 2.39. The second kappa shape index (κ2) is 6.52. The molecule has 21 heavy (non-hydrogen) atoms. The molecule has 2 aromatic rings. The van der Waals surface area contributed by atoms with Crippen molar-refractivity contribution < 1.29 is 19.0 Å². The van der Waals surface area contributed by atoms with Crippen molar-refractivity contribution in [3.8, 4) is 11.5 Å². The number of hydrogen-bond acceptors (Lipinski definition) is 3. The number of aliphatic hydroxyl groups excluding tert-OH is 1. The lowest BCUT2D eigenvalue weighted by Crippen LogP contribution is -2.04. The smallest absolute Gasteiger partial charge is 0.162 e. The highest BCUT2D eigenvalue weighted by atomic mass is 35.5. The van der Waals surface area contributed by atoms with Crippen LogP contribution in [0.5, 0.6) is 11.5 Å². The monoisotopic (exact) mass is 330 g/mol. The van der Waals surface area contributed by atoms with Crippen LogP contribution in [0, 0.1) is 5.82 Å². The van der Waals surface area contributed by atoms with Gasteiger partial charge >= 0.3 is 0 Å². The molecule has 0 spiro atoms. The van der Waals surface area contributed by atoms with E-state index in [0.717, 1.165) is 6.07 Å². The molecule has 0 fully saturated rings. The Labute approximate surface area is 131 Å². The van der Waals surface area contributed by atoms with E-state index < -0.39 is 11.9 Å². The maximum absolute atomic E-state index is 13.9. The summed E-state index contributed by atoms with van der Waals surface area (Å²) in [6.07, 6.45) is -1.24. The van der Waals surface area contributed by atoms with E-state index in [9.17, 15) is 9.50 Å². The van der Waals surface area contributed by atoms with Crippen LogP contribution in [0.4, 0.5) is 4.39 Å². The van der Waals surface area contributed by atoms with Crippen LogP contribution in [-0.2, 0) is 0 Å². The van der Waals surface area contributed by atoms with Crippen molar-refractivity contribution in [2.24, 2.45) is 0 Å². The summed E-state index contributed by atoms with van der Waals surface area (Å²) < 4.78 is 24.2. The lowest BCUT2D eigenvalue weighted by Gasteiger charge is -2.17. The molecule has 0 bridgehead atoms. The molecule has 0 aliphatic heterocycles. The normalized spacial score (nSPS) is 12.1. The molecule has 0 saturated heterocycles. The number of hydrogen-bond donors (Lipinski definition) is 1. The Morgan fingerprint density at radius 1 is 1.00 bits per heavy atom. The van der Waals surface area contributed by atoms with Crippen molar-refractivity contribution >= 4 is 23.2 Å². The molecule has 0 radical (unpaired) electrons. The predicted octanol–water partition coefficient (Wildman–Crippen LogP) is 4.23. The van der Waals surface area contributed by atoms with Gasteiger partial charge < -0.3 is 14.6 Å². The van der Waals surface area contributed by atoms with E-state index in [2.05, 4.69) is 0 Å². The first-order valence-electron chi connectivity index (χ1n) is 6.02. The van der Waals surface area contributed by atoms with E-state index >= 15 is 0 Å². The third-order valence-electron chi connectivity index (χ3n) is 3.05. The van der Waals surface area contributed by atoms with Gasteiger partial charge in [-0.3, -0.25) is 0 Å². The molecule has 0 amide bonds. The van der Waals surface area contributed by atoms with Gasteiger partial charge in [0.2, 0.25) is 0 Å². The van der Waals surface area contributed by atoms with Crippen LogP contribution < -0.4 is 9.47 Å². The summed E-state index contributed by atoms with van der Waals surface area (Å²) in [6, 6.07) is 7.06. The first-order valence-corrected chi connectivity index (χ1v) is 6.78. The molecular formula is C15H13Cl2FO3. The van der Waals surface area contributed by atoms with Gasteiger partial charge in [-0.25, -0.2) is 4.39 Å². The second-order valence-electron chi connectivity index (χ2n) is 4.30. The molecule has 6 heteroatoms. The highest BCUT2D eigenvalue weighted by molar-refractivity contribution is 6.31. The van der Waals surface area contributed by atoms with E-state index in [1.807, 2.05) is 0 Å². The summed E-state index contributed by atoms with van der Waals surface area (Å²) in [5, 5.41) is 10.9. The van der Waals surface area contributed by atoms with Crippen LogP contribution in [0.3, 0.4) is 0 Å². The summed E-state index contributed by atoms with van der Waals surface area (Å²) in [6.45, 7) is 0. The fraction of sp³-hybridized carbons (Fsp3) is 0.200. The molecule has 1 unspecified atom stereocenters. The Bertz CT molecular complexity index is 662. The Hall–Kier alpha value is -1.49. The van der Waals surface area contributed by atoms with Crippen molar-refractivity contribution in [1.82, 2.24) is 0 Å². The number of benzene rings is 2. The molecular weight excluding hydrogens is 318 g/mol. The van der Waals surface area contributed by atoms with Crippen molar-refractivity contribution in [2.45, 2.75) is 6.10 Å². The molecule has 2 aromatic carbocycles. The van der Waals surface area contributed by atoms with E-state index in [-0.39, 0.29) is 15.6 Å². The lowest BCUT2D eigenvalue weighted by molar-refractivity contribution is 0.214. The maximum atomic E-state index is 13.9. The Kier molecular flexibility index (Phi) is 4.93. The van der Waals surface area contributed by atoms with Gasteiger partial charge in [0.1, 0.15) is 11.9 Å². The van der Waals surface area contributed by atoms with Crippen LogP contribution in [0.25, 0.3) is 0 Å². The SMILES string of the molecule is COc1cc(Cl)c(C(O)c2ccc(Cl)cc2F)cc1OC. The van der Waals surface area contributed by atoms with Gasteiger partial charge in [0.05, 0.1) is 19.2 Å². The molecule has 0 aliphatic carbocycles. The summed E-state index contributed by atoms with van der Waals surface area (Å²) in [5.74, 6) is 0.209. The topological polar surface area (TPSA) is 38.7 Å². The third-order valence-corrected chi connectivity index (χ3v) is 3.62. The molecule has 3 nitrogen and oxygen atoms in total. The zero-order valence-electron chi connectivity index (χ0n) is 11.4. The molecule has 0 saturated carbocycles. The molecule has 2 rings (SSSR count). The number of aliphatic hydroxyl groups is 1. The predicted molar refractivity (Wildman–Crippen MR) is 80.0 cm³/mol. The van der Waals surface area contributed by atoms with E-state index in [1.54, 1.807) is 0 Å². The minimum atomic E-state index is -1.24. The summed E-state index contributed by atoms with van der Waals surface area (Å²) in [5.41, 5.74) is 0.393. The zero-order valence-corrected chi connectivity index (χ0v) is 12.9. The summed E-state index contributed by atoms with van der Waals surface area (Å²) in [4.78, 5) is 0. The van der Waals surface area contributed by atoms with Crippen LogP contribution in [-0.4, -0.2) is 19.3 Å². The molecule has 0 aromatic heterocycles. The number of rotatable bonds is 4. The maximum Gasteiger partial charge on any atom is 0.162 e. The van der Waals surface area contributed by atoms with Gasteiger partial charge in [0, 0.05) is 22.2 Å². The van der Waals surface area contributed by atoms with Gasteiger partial charge in [0.25, 0.3) is 0 Å². The van der Waals surface area contributed by atoms with Crippen LogP contribution >= 0.6 is 23.2 Å². The minimum absolute atomic E-state index is 0.0773. The standard InChI is InChI=1S/C15H13Cl2FO3/c1-20-13-6-10(11(17)7-14(13)21-2)15(19)9-4-3-8(16)5-12(9)18/h3-7,15,19H,1-2H3. The number of halogens is 3.